The Morgan fingerprint density at radius 2 is 1.69 bits per heavy atom. The van der Waals surface area contributed by atoms with E-state index in [-0.39, 0.29) is 23.6 Å². The van der Waals surface area contributed by atoms with Crippen LogP contribution >= 0.6 is 12.6 Å². The first-order valence-corrected chi connectivity index (χ1v) is 9.69. The Kier molecular flexibility index (Phi) is 10.6. The summed E-state index contributed by atoms with van der Waals surface area (Å²) in [4.78, 5) is 47.9. The van der Waals surface area contributed by atoms with Crippen molar-refractivity contribution in [2.24, 2.45) is 11.5 Å². The monoisotopic (exact) mass is 425 g/mol. The molecule has 1 aromatic carbocycles. The number of hydrogen-bond donors (Lipinski definition) is 7. The summed E-state index contributed by atoms with van der Waals surface area (Å²) >= 11 is 3.97. The fraction of sp³-hybridized carbons (Fsp3) is 0.444. The van der Waals surface area contributed by atoms with E-state index in [1.165, 1.54) is 24.3 Å². The molecule has 0 aliphatic carbocycles. The van der Waals surface area contributed by atoms with Crippen molar-refractivity contribution in [2.75, 3.05) is 18.8 Å². The van der Waals surface area contributed by atoms with Crippen molar-refractivity contribution in [2.45, 2.75) is 31.3 Å². The number of benzene rings is 1. The third-order valence-electron chi connectivity index (χ3n) is 3.98. The number of hydrogen-bond acceptors (Lipinski definition) is 7. The molecule has 4 amide bonds. The highest BCUT2D eigenvalue weighted by molar-refractivity contribution is 7.80. The van der Waals surface area contributed by atoms with Gasteiger partial charge in [-0.15, -0.1) is 0 Å². The van der Waals surface area contributed by atoms with E-state index >= 15 is 0 Å². The Balaban J connectivity index is 2.64. The molecule has 0 aromatic heterocycles. The van der Waals surface area contributed by atoms with Gasteiger partial charge in [-0.05, 0) is 50.1 Å². The second-order valence-corrected chi connectivity index (χ2v) is 6.65. The van der Waals surface area contributed by atoms with E-state index < -0.39 is 35.7 Å². The molecule has 10 nitrogen and oxygen atoms in total. The van der Waals surface area contributed by atoms with Crippen molar-refractivity contribution >= 4 is 36.3 Å². The maximum atomic E-state index is 12.4. The smallest absolute Gasteiger partial charge is 0.251 e. The van der Waals surface area contributed by atoms with Crippen molar-refractivity contribution in [1.29, 1.82) is 0 Å². The number of aromatic hydroxyl groups is 1. The highest BCUT2D eigenvalue weighted by Crippen LogP contribution is 2.09. The Bertz CT molecular complexity index is 713. The molecule has 0 fully saturated rings. The van der Waals surface area contributed by atoms with Crippen LogP contribution in [-0.2, 0) is 14.4 Å². The van der Waals surface area contributed by atoms with Crippen molar-refractivity contribution in [3.63, 3.8) is 0 Å². The maximum absolute atomic E-state index is 12.4. The first kappa shape index (κ1) is 24.2. The molecule has 0 aliphatic rings. The summed E-state index contributed by atoms with van der Waals surface area (Å²) in [5, 5.41) is 16.6. The molecule has 0 saturated carbocycles. The normalized spacial score (nSPS) is 12.5. The van der Waals surface area contributed by atoms with Crippen molar-refractivity contribution in [3.8, 4) is 5.75 Å². The van der Waals surface area contributed by atoms with Crippen LogP contribution in [-0.4, -0.2) is 59.7 Å². The summed E-state index contributed by atoms with van der Waals surface area (Å²) in [5.74, 6) is -2.35. The van der Waals surface area contributed by atoms with Gasteiger partial charge in [-0.1, -0.05) is 0 Å². The van der Waals surface area contributed by atoms with Crippen LogP contribution in [0, 0.1) is 0 Å². The summed E-state index contributed by atoms with van der Waals surface area (Å²) in [5.41, 5.74) is 10.9. The third kappa shape index (κ3) is 8.83. The second-order valence-electron chi connectivity index (χ2n) is 6.28. The average molecular weight is 426 g/mol. The Morgan fingerprint density at radius 3 is 2.24 bits per heavy atom. The minimum atomic E-state index is -0.964. The number of rotatable bonds is 12. The van der Waals surface area contributed by atoms with Gasteiger partial charge in [0.05, 0.1) is 6.54 Å². The number of primary amides is 1. The number of thiol groups is 1. The zero-order valence-electron chi connectivity index (χ0n) is 15.9. The average Bonchev–Trinajstić information content (AvgIpc) is 2.69. The summed E-state index contributed by atoms with van der Waals surface area (Å²) in [6.45, 7) is 0.0811. The van der Waals surface area contributed by atoms with Crippen LogP contribution in [0.1, 0.15) is 29.6 Å². The van der Waals surface area contributed by atoms with Gasteiger partial charge in [0.2, 0.25) is 17.7 Å². The van der Waals surface area contributed by atoms with Gasteiger partial charge < -0.3 is 32.5 Å². The molecule has 160 valence electrons. The molecule has 0 unspecified atom stereocenters. The van der Waals surface area contributed by atoms with E-state index in [1.54, 1.807) is 0 Å². The lowest BCUT2D eigenvalue weighted by molar-refractivity contribution is -0.131. The largest absolute Gasteiger partial charge is 0.508 e. The van der Waals surface area contributed by atoms with Gasteiger partial charge in [0.1, 0.15) is 17.8 Å². The van der Waals surface area contributed by atoms with Crippen LogP contribution in [0.2, 0.25) is 0 Å². The molecule has 0 bridgehead atoms. The van der Waals surface area contributed by atoms with Gasteiger partial charge in [-0.2, -0.15) is 12.6 Å². The number of phenolic OH excluding ortho intramolecular Hbond substituents is 1. The molecule has 1 rings (SSSR count). The van der Waals surface area contributed by atoms with Crippen LogP contribution in [0.4, 0.5) is 0 Å². The molecular formula is C18H27N5O5S. The van der Waals surface area contributed by atoms with E-state index in [2.05, 4.69) is 28.6 Å². The SMILES string of the molecule is NCCCC[C@H](NC(=O)CNC(=O)c1ccc(O)cc1)C(=O)N[C@H](CS)C(N)=O. The number of amides is 4. The fourth-order valence-electron chi connectivity index (χ4n) is 2.36. The molecule has 1 aromatic rings. The van der Waals surface area contributed by atoms with Crippen LogP contribution in [0.25, 0.3) is 0 Å². The van der Waals surface area contributed by atoms with Crippen LogP contribution in [0.3, 0.4) is 0 Å². The van der Waals surface area contributed by atoms with Crippen LogP contribution < -0.4 is 27.4 Å². The van der Waals surface area contributed by atoms with Gasteiger partial charge in [0.25, 0.3) is 5.91 Å². The molecule has 2 atom stereocenters. The predicted octanol–water partition coefficient (Wildman–Crippen LogP) is -1.36. The van der Waals surface area contributed by atoms with E-state index in [0.717, 1.165) is 0 Å². The first-order valence-electron chi connectivity index (χ1n) is 9.05. The molecule has 0 aliphatic heterocycles. The van der Waals surface area contributed by atoms with Crippen LogP contribution in [0.5, 0.6) is 5.75 Å². The summed E-state index contributed by atoms with van der Waals surface area (Å²) in [6.07, 6.45) is 1.54. The lowest BCUT2D eigenvalue weighted by Crippen LogP contribution is -2.54. The number of nitrogens with one attached hydrogen (secondary N) is 3. The lowest BCUT2D eigenvalue weighted by Gasteiger charge is -2.21. The highest BCUT2D eigenvalue weighted by atomic mass is 32.1. The van der Waals surface area contributed by atoms with E-state index in [0.29, 0.717) is 25.8 Å². The first-order chi connectivity index (χ1) is 13.8. The molecule has 8 N–H and O–H groups in total. The van der Waals surface area contributed by atoms with Crippen molar-refractivity contribution in [3.05, 3.63) is 29.8 Å². The molecule has 0 saturated heterocycles. The van der Waals surface area contributed by atoms with Gasteiger partial charge >= 0.3 is 0 Å². The number of carbonyl (C=O) groups is 4. The van der Waals surface area contributed by atoms with Crippen molar-refractivity contribution < 1.29 is 24.3 Å². The number of unbranched alkanes of at least 4 members (excludes halogenated alkanes) is 1. The summed E-state index contributed by atoms with van der Waals surface area (Å²) in [7, 11) is 0. The van der Waals surface area contributed by atoms with Gasteiger partial charge in [0, 0.05) is 11.3 Å². The maximum Gasteiger partial charge on any atom is 0.251 e. The number of carbonyl (C=O) groups excluding carboxylic acids is 4. The van der Waals surface area contributed by atoms with Gasteiger partial charge in [0.15, 0.2) is 0 Å². The second kappa shape index (κ2) is 12.6. The van der Waals surface area contributed by atoms with Gasteiger partial charge in [-0.3, -0.25) is 19.2 Å². The summed E-state index contributed by atoms with van der Waals surface area (Å²) in [6, 6.07) is 3.64. The third-order valence-corrected chi connectivity index (χ3v) is 4.35. The van der Waals surface area contributed by atoms with Crippen molar-refractivity contribution in [1.82, 2.24) is 16.0 Å². The van der Waals surface area contributed by atoms with Gasteiger partial charge in [-0.25, -0.2) is 0 Å². The minimum absolute atomic E-state index is 0.0149. The molecular weight excluding hydrogens is 398 g/mol. The summed E-state index contributed by atoms with van der Waals surface area (Å²) < 4.78 is 0. The van der Waals surface area contributed by atoms with Crippen LogP contribution in [0.15, 0.2) is 24.3 Å². The number of nitrogens with two attached hydrogens (primary N) is 2. The van der Waals surface area contributed by atoms with E-state index in [4.69, 9.17) is 11.5 Å². The van der Waals surface area contributed by atoms with E-state index in [1.807, 2.05) is 0 Å². The van der Waals surface area contributed by atoms with E-state index in [9.17, 15) is 24.3 Å². The quantitative estimate of drug-likeness (QED) is 0.161. The Morgan fingerprint density at radius 1 is 1.03 bits per heavy atom. The predicted molar refractivity (Wildman–Crippen MR) is 110 cm³/mol. The molecule has 29 heavy (non-hydrogen) atoms. The molecule has 0 radical (unpaired) electrons. The zero-order chi connectivity index (χ0) is 21.8. The minimum Gasteiger partial charge on any atom is -0.508 e. The Hall–Kier alpha value is -2.79. The highest BCUT2D eigenvalue weighted by Gasteiger charge is 2.24. The standard InChI is InChI=1S/C18H27N5O5S/c19-8-2-1-3-13(18(28)23-14(10-29)16(20)26)22-15(25)9-21-17(27)11-4-6-12(24)7-5-11/h4-7,13-14,24,29H,1-3,8-10,19H2,(H2,20,26)(H,21,27)(H,22,25)(H,23,28)/t13-,14+/m0/s1. The molecule has 0 heterocycles. The lowest BCUT2D eigenvalue weighted by atomic mass is 10.1. The molecule has 11 heteroatoms. The Labute approximate surface area is 174 Å². The molecule has 0 spiro atoms. The fourth-order valence-corrected chi connectivity index (χ4v) is 2.63. The zero-order valence-corrected chi connectivity index (χ0v) is 16.8. The topological polar surface area (TPSA) is 177 Å². The number of phenols is 1.